The molecule has 0 fully saturated rings. The van der Waals surface area contributed by atoms with Crippen molar-refractivity contribution in [2.75, 3.05) is 6.61 Å². The van der Waals surface area contributed by atoms with Gasteiger partial charge >= 0.3 is 5.97 Å². The van der Waals surface area contributed by atoms with Crippen LogP contribution in [-0.4, -0.2) is 18.4 Å². The number of esters is 1. The minimum Gasteiger partial charge on any atom is -0.465 e. The zero-order chi connectivity index (χ0) is 14.3. The molecule has 1 unspecified atom stereocenters. The van der Waals surface area contributed by atoms with Crippen molar-refractivity contribution in [1.82, 2.24) is 0 Å². The van der Waals surface area contributed by atoms with Crippen molar-refractivity contribution in [2.24, 2.45) is 5.92 Å². The van der Waals surface area contributed by atoms with Gasteiger partial charge in [-0.15, -0.1) is 6.58 Å². The molecule has 0 N–H and O–H groups in total. The summed E-state index contributed by atoms with van der Waals surface area (Å²) in [6.07, 6.45) is 2.92. The summed E-state index contributed by atoms with van der Waals surface area (Å²) in [6.45, 7) is 7.17. The van der Waals surface area contributed by atoms with Crippen molar-refractivity contribution >= 4 is 11.8 Å². The van der Waals surface area contributed by atoms with Crippen molar-refractivity contribution in [3.63, 3.8) is 0 Å². The highest BCUT2D eigenvalue weighted by atomic mass is 16.5. The number of allylic oxidation sites excluding steroid dienone is 1. The molecule has 0 amide bonds. The van der Waals surface area contributed by atoms with Gasteiger partial charge in [0.25, 0.3) is 0 Å². The highest BCUT2D eigenvalue weighted by Crippen LogP contribution is 2.17. The Morgan fingerprint density at radius 1 is 1.32 bits per heavy atom. The third kappa shape index (κ3) is 4.36. The second-order valence-electron chi connectivity index (χ2n) is 4.38. The van der Waals surface area contributed by atoms with Gasteiger partial charge in [0, 0.05) is 0 Å². The predicted octanol–water partition coefficient (Wildman–Crippen LogP) is 2.73. The molecule has 3 heteroatoms. The molecule has 0 heterocycles. The van der Waals surface area contributed by atoms with Crippen LogP contribution < -0.4 is 0 Å². The van der Waals surface area contributed by atoms with Crippen LogP contribution >= 0.6 is 0 Å². The monoisotopic (exact) mass is 260 g/mol. The minimum atomic E-state index is -0.717. The number of ketones is 1. The number of rotatable bonds is 7. The Kier molecular flexibility index (Phi) is 6.00. The molecule has 0 saturated carbocycles. The van der Waals surface area contributed by atoms with Crippen molar-refractivity contribution < 1.29 is 14.3 Å². The van der Waals surface area contributed by atoms with Crippen LogP contribution in [0.2, 0.25) is 0 Å². The highest BCUT2D eigenvalue weighted by molar-refractivity contribution is 5.98. The third-order valence-electron chi connectivity index (χ3n) is 2.97. The summed E-state index contributed by atoms with van der Waals surface area (Å²) in [5.74, 6) is -1.32. The lowest BCUT2D eigenvalue weighted by atomic mass is 9.92. The molecule has 0 spiro atoms. The molecule has 1 rings (SSSR count). The van der Waals surface area contributed by atoms with Crippen LogP contribution in [0.15, 0.2) is 36.9 Å². The molecule has 0 radical (unpaired) electrons. The summed E-state index contributed by atoms with van der Waals surface area (Å²) in [7, 11) is 0. The number of carbonyl (C=O) groups excluding carboxylic acids is 2. The van der Waals surface area contributed by atoms with E-state index in [2.05, 4.69) is 6.58 Å². The fraction of sp³-hybridized carbons (Fsp3) is 0.375. The zero-order valence-corrected chi connectivity index (χ0v) is 11.5. The van der Waals surface area contributed by atoms with Crippen molar-refractivity contribution in [2.45, 2.75) is 26.7 Å². The molecule has 0 aliphatic rings. The molecule has 1 aromatic rings. The van der Waals surface area contributed by atoms with Crippen LogP contribution in [0.5, 0.6) is 0 Å². The van der Waals surface area contributed by atoms with Gasteiger partial charge in [-0.2, -0.15) is 0 Å². The molecular weight excluding hydrogens is 240 g/mol. The maximum atomic E-state index is 11.8. The average Bonchev–Trinajstić information content (AvgIpc) is 2.37. The van der Waals surface area contributed by atoms with E-state index in [-0.39, 0.29) is 12.4 Å². The summed E-state index contributed by atoms with van der Waals surface area (Å²) < 4.78 is 4.96. The van der Waals surface area contributed by atoms with E-state index in [1.54, 1.807) is 6.92 Å². The molecule has 0 saturated heterocycles. The minimum absolute atomic E-state index is 0.160. The standard InChI is InChI=1S/C16H20O3/c1-4-8-13-9-6-7-10-14(13)11-15(12(3)17)16(18)19-5-2/h4,6-7,9-10,15H,1,5,8,11H2,2-3H3. The molecule has 3 nitrogen and oxygen atoms in total. The first kappa shape index (κ1) is 15.2. The SMILES string of the molecule is C=CCc1ccccc1CC(C(C)=O)C(=O)OCC. The molecule has 102 valence electrons. The van der Waals surface area contributed by atoms with Gasteiger partial charge in [0.2, 0.25) is 0 Å². The van der Waals surface area contributed by atoms with E-state index in [9.17, 15) is 9.59 Å². The van der Waals surface area contributed by atoms with Crippen LogP contribution in [0, 0.1) is 5.92 Å². The van der Waals surface area contributed by atoms with Gasteiger partial charge in [-0.1, -0.05) is 30.3 Å². The summed E-state index contributed by atoms with van der Waals surface area (Å²) in [4.78, 5) is 23.4. The summed E-state index contributed by atoms with van der Waals surface area (Å²) in [6, 6.07) is 7.77. The number of ether oxygens (including phenoxy) is 1. The second-order valence-corrected chi connectivity index (χ2v) is 4.38. The van der Waals surface area contributed by atoms with E-state index in [4.69, 9.17) is 4.74 Å². The van der Waals surface area contributed by atoms with E-state index >= 15 is 0 Å². The molecule has 0 aliphatic carbocycles. The van der Waals surface area contributed by atoms with Gasteiger partial charge in [0.15, 0.2) is 0 Å². The van der Waals surface area contributed by atoms with Gasteiger partial charge in [-0.05, 0) is 37.8 Å². The van der Waals surface area contributed by atoms with Crippen molar-refractivity contribution in [1.29, 1.82) is 0 Å². The van der Waals surface area contributed by atoms with Gasteiger partial charge in [-0.3, -0.25) is 9.59 Å². The lowest BCUT2D eigenvalue weighted by molar-refractivity contribution is -0.151. The number of benzene rings is 1. The van der Waals surface area contributed by atoms with Gasteiger partial charge in [0.1, 0.15) is 11.7 Å². The summed E-state index contributed by atoms with van der Waals surface area (Å²) >= 11 is 0. The Bertz CT molecular complexity index is 463. The molecule has 0 aliphatic heterocycles. The maximum Gasteiger partial charge on any atom is 0.316 e. The Balaban J connectivity index is 2.93. The van der Waals surface area contributed by atoms with E-state index in [1.165, 1.54) is 6.92 Å². The van der Waals surface area contributed by atoms with Gasteiger partial charge in [-0.25, -0.2) is 0 Å². The number of hydrogen-bond donors (Lipinski definition) is 0. The van der Waals surface area contributed by atoms with Crippen LogP contribution in [0.25, 0.3) is 0 Å². The summed E-state index contributed by atoms with van der Waals surface area (Å²) in [5, 5.41) is 0. The molecular formula is C16H20O3. The van der Waals surface area contributed by atoms with Gasteiger partial charge in [0.05, 0.1) is 6.61 Å². The Hall–Kier alpha value is -1.90. The lowest BCUT2D eigenvalue weighted by Crippen LogP contribution is -2.26. The lowest BCUT2D eigenvalue weighted by Gasteiger charge is -2.14. The van der Waals surface area contributed by atoms with E-state index < -0.39 is 11.9 Å². The third-order valence-corrected chi connectivity index (χ3v) is 2.97. The second kappa shape index (κ2) is 7.52. The normalized spacial score (nSPS) is 11.7. The number of carbonyl (C=O) groups is 2. The molecule has 0 aromatic heterocycles. The zero-order valence-electron chi connectivity index (χ0n) is 11.5. The number of hydrogen-bond acceptors (Lipinski definition) is 3. The first-order chi connectivity index (χ1) is 9.10. The topological polar surface area (TPSA) is 43.4 Å². The Morgan fingerprint density at radius 3 is 2.47 bits per heavy atom. The number of Topliss-reactive ketones (excluding diaryl/α,β-unsaturated/α-hetero) is 1. The smallest absolute Gasteiger partial charge is 0.316 e. The largest absolute Gasteiger partial charge is 0.465 e. The van der Waals surface area contributed by atoms with Crippen LogP contribution in [0.1, 0.15) is 25.0 Å². The maximum absolute atomic E-state index is 11.8. The Labute approximate surface area is 114 Å². The van der Waals surface area contributed by atoms with Crippen molar-refractivity contribution in [3.8, 4) is 0 Å². The summed E-state index contributed by atoms with van der Waals surface area (Å²) in [5.41, 5.74) is 2.09. The first-order valence-corrected chi connectivity index (χ1v) is 6.44. The van der Waals surface area contributed by atoms with E-state index in [0.717, 1.165) is 17.5 Å². The highest BCUT2D eigenvalue weighted by Gasteiger charge is 2.25. The van der Waals surface area contributed by atoms with Crippen LogP contribution in [0.3, 0.4) is 0 Å². The van der Waals surface area contributed by atoms with Crippen molar-refractivity contribution in [3.05, 3.63) is 48.0 Å². The first-order valence-electron chi connectivity index (χ1n) is 6.44. The molecule has 0 bridgehead atoms. The fourth-order valence-corrected chi connectivity index (χ4v) is 1.97. The van der Waals surface area contributed by atoms with E-state index in [1.807, 2.05) is 30.3 Å². The molecule has 1 atom stereocenters. The molecule has 19 heavy (non-hydrogen) atoms. The average molecular weight is 260 g/mol. The Morgan fingerprint density at radius 2 is 1.95 bits per heavy atom. The van der Waals surface area contributed by atoms with Crippen LogP contribution in [0.4, 0.5) is 0 Å². The quantitative estimate of drug-likeness (QED) is 0.430. The fourth-order valence-electron chi connectivity index (χ4n) is 1.97. The molecule has 1 aromatic carbocycles. The van der Waals surface area contributed by atoms with Crippen LogP contribution in [-0.2, 0) is 27.2 Å². The predicted molar refractivity (Wildman–Crippen MR) is 74.9 cm³/mol. The van der Waals surface area contributed by atoms with E-state index in [0.29, 0.717) is 6.42 Å². The van der Waals surface area contributed by atoms with Gasteiger partial charge < -0.3 is 4.74 Å².